The van der Waals surface area contributed by atoms with E-state index in [-0.39, 0.29) is 0 Å². The smallest absolute Gasteiger partial charge is 0.161 e. The zero-order chi connectivity index (χ0) is 14.3. The molecule has 0 radical (unpaired) electrons. The molecule has 0 N–H and O–H groups in total. The highest BCUT2D eigenvalue weighted by atomic mass is 35.5. The highest BCUT2D eigenvalue weighted by molar-refractivity contribution is 6.41. The molecule has 0 saturated carbocycles. The minimum absolute atomic E-state index is 0.350. The number of benzene rings is 2. The Hall–Kier alpha value is -1.35. The molecule has 100 valence electrons. The van der Waals surface area contributed by atoms with Crippen LogP contribution in [0, 0.1) is 6.92 Å². The zero-order valence-corrected chi connectivity index (χ0v) is 12.8. The summed E-state index contributed by atoms with van der Waals surface area (Å²) in [5.74, 6) is 0.560. The molecular weight excluding hydrogens is 315 g/mol. The summed E-state index contributed by atoms with van der Waals surface area (Å²) in [5.41, 5.74) is 2.56. The number of halogens is 3. The Bertz CT molecular complexity index is 816. The Kier molecular flexibility index (Phi) is 3.55. The number of hydrogen-bond acceptors (Lipinski definition) is 2. The number of aryl methyl sites for hydroxylation is 1. The van der Waals surface area contributed by atoms with Gasteiger partial charge in [0.15, 0.2) is 5.82 Å². The molecule has 1 heterocycles. The average Bonchev–Trinajstić information content (AvgIpc) is 2.41. The first-order valence-corrected chi connectivity index (χ1v) is 7.08. The van der Waals surface area contributed by atoms with Crippen molar-refractivity contribution in [2.45, 2.75) is 6.92 Å². The molecule has 0 aliphatic carbocycles. The maximum atomic E-state index is 6.23. The van der Waals surface area contributed by atoms with Crippen molar-refractivity contribution < 1.29 is 0 Å². The second-order valence-corrected chi connectivity index (χ2v) is 5.61. The fourth-order valence-corrected chi connectivity index (χ4v) is 2.71. The monoisotopic (exact) mass is 322 g/mol. The molecule has 20 heavy (non-hydrogen) atoms. The van der Waals surface area contributed by atoms with Gasteiger partial charge in [-0.15, -0.1) is 0 Å². The molecule has 5 heteroatoms. The van der Waals surface area contributed by atoms with Crippen LogP contribution in [0.3, 0.4) is 0 Å². The molecule has 0 spiro atoms. The van der Waals surface area contributed by atoms with E-state index in [4.69, 9.17) is 34.8 Å². The van der Waals surface area contributed by atoms with Crippen molar-refractivity contribution in [1.29, 1.82) is 0 Å². The molecule has 0 fully saturated rings. The van der Waals surface area contributed by atoms with E-state index in [0.29, 0.717) is 26.4 Å². The van der Waals surface area contributed by atoms with Crippen LogP contribution in [0.25, 0.3) is 22.3 Å². The van der Waals surface area contributed by atoms with Crippen LogP contribution in [0.15, 0.2) is 36.4 Å². The molecule has 0 aliphatic rings. The average molecular weight is 324 g/mol. The third-order valence-electron chi connectivity index (χ3n) is 3.04. The first-order chi connectivity index (χ1) is 9.56. The topological polar surface area (TPSA) is 25.8 Å². The first-order valence-electron chi connectivity index (χ1n) is 5.94. The first kappa shape index (κ1) is 13.6. The van der Waals surface area contributed by atoms with Crippen LogP contribution < -0.4 is 0 Å². The predicted molar refractivity (Wildman–Crippen MR) is 84.7 cm³/mol. The van der Waals surface area contributed by atoms with E-state index in [1.54, 1.807) is 6.07 Å². The van der Waals surface area contributed by atoms with Gasteiger partial charge in [-0.05, 0) is 42.8 Å². The number of rotatable bonds is 1. The molecule has 0 amide bonds. The minimum Gasteiger partial charge on any atom is -0.228 e. The van der Waals surface area contributed by atoms with Gasteiger partial charge in [0.25, 0.3) is 0 Å². The van der Waals surface area contributed by atoms with E-state index in [1.807, 2.05) is 37.3 Å². The van der Waals surface area contributed by atoms with Crippen molar-refractivity contribution in [1.82, 2.24) is 9.97 Å². The molecule has 0 atom stereocenters. The third-order valence-corrected chi connectivity index (χ3v) is 4.06. The molecule has 3 aromatic rings. The lowest BCUT2D eigenvalue weighted by Gasteiger charge is -2.07. The van der Waals surface area contributed by atoms with Crippen molar-refractivity contribution in [3.05, 3.63) is 57.2 Å². The van der Waals surface area contributed by atoms with Gasteiger partial charge in [-0.2, -0.15) is 0 Å². The van der Waals surface area contributed by atoms with Crippen LogP contribution in [0.1, 0.15) is 5.56 Å². The molecule has 2 nitrogen and oxygen atoms in total. The van der Waals surface area contributed by atoms with Crippen molar-refractivity contribution in [3.63, 3.8) is 0 Å². The van der Waals surface area contributed by atoms with Gasteiger partial charge in [-0.3, -0.25) is 0 Å². The van der Waals surface area contributed by atoms with Crippen molar-refractivity contribution in [2.24, 2.45) is 0 Å². The van der Waals surface area contributed by atoms with E-state index in [1.165, 1.54) is 0 Å². The predicted octanol–water partition coefficient (Wildman–Crippen LogP) is 5.57. The quantitative estimate of drug-likeness (QED) is 0.547. The number of nitrogens with zero attached hydrogens (tertiary/aromatic N) is 2. The number of hydrogen-bond donors (Lipinski definition) is 0. The fourth-order valence-electron chi connectivity index (χ4n) is 2.01. The van der Waals surface area contributed by atoms with Crippen LogP contribution in [0.4, 0.5) is 0 Å². The van der Waals surface area contributed by atoms with Crippen molar-refractivity contribution >= 4 is 45.7 Å². The van der Waals surface area contributed by atoms with E-state index >= 15 is 0 Å². The number of fused-ring (bicyclic) bond motifs is 1. The largest absolute Gasteiger partial charge is 0.228 e. The molecule has 0 unspecified atom stereocenters. The van der Waals surface area contributed by atoms with Gasteiger partial charge in [0.05, 0.1) is 15.9 Å². The normalized spacial score (nSPS) is 11.0. The van der Waals surface area contributed by atoms with Crippen molar-refractivity contribution in [2.75, 3.05) is 0 Å². The maximum absolute atomic E-state index is 6.23. The minimum atomic E-state index is 0.350. The summed E-state index contributed by atoms with van der Waals surface area (Å²) < 4.78 is 0. The van der Waals surface area contributed by atoms with E-state index < -0.39 is 0 Å². The lowest BCUT2D eigenvalue weighted by molar-refractivity contribution is 1.22. The molecule has 2 aromatic carbocycles. The standard InChI is InChI=1S/C15H9Cl3N2/c1-8-7-9(5-6-10(8)16)15-19-12-4-2-3-11(17)13(12)14(18)20-15/h2-7H,1H3. The lowest BCUT2D eigenvalue weighted by atomic mass is 10.1. The Morgan fingerprint density at radius 2 is 1.70 bits per heavy atom. The van der Waals surface area contributed by atoms with E-state index in [0.717, 1.165) is 16.6 Å². The van der Waals surface area contributed by atoms with Crippen LogP contribution in [-0.4, -0.2) is 9.97 Å². The molecule has 0 saturated heterocycles. The van der Waals surface area contributed by atoms with Gasteiger partial charge in [-0.25, -0.2) is 9.97 Å². The lowest BCUT2D eigenvalue weighted by Crippen LogP contribution is -1.93. The van der Waals surface area contributed by atoms with Gasteiger partial charge >= 0.3 is 0 Å². The van der Waals surface area contributed by atoms with Gasteiger partial charge in [-0.1, -0.05) is 40.9 Å². The number of aromatic nitrogens is 2. The zero-order valence-electron chi connectivity index (χ0n) is 10.5. The van der Waals surface area contributed by atoms with Gasteiger partial charge < -0.3 is 0 Å². The van der Waals surface area contributed by atoms with Crippen LogP contribution in [-0.2, 0) is 0 Å². The molecular formula is C15H9Cl3N2. The van der Waals surface area contributed by atoms with Crippen LogP contribution in [0.5, 0.6) is 0 Å². The summed E-state index contributed by atoms with van der Waals surface area (Å²) in [6.07, 6.45) is 0. The highest BCUT2D eigenvalue weighted by Crippen LogP contribution is 2.31. The molecule has 0 bridgehead atoms. The summed E-state index contributed by atoms with van der Waals surface area (Å²) >= 11 is 18.4. The Morgan fingerprint density at radius 3 is 2.45 bits per heavy atom. The second-order valence-electron chi connectivity index (χ2n) is 4.44. The van der Waals surface area contributed by atoms with Crippen molar-refractivity contribution in [3.8, 4) is 11.4 Å². The van der Waals surface area contributed by atoms with Gasteiger partial charge in [0.2, 0.25) is 0 Å². The Labute approximate surface area is 131 Å². The summed E-state index contributed by atoms with van der Waals surface area (Å²) in [6, 6.07) is 11.1. The highest BCUT2D eigenvalue weighted by Gasteiger charge is 2.11. The summed E-state index contributed by atoms with van der Waals surface area (Å²) in [7, 11) is 0. The Morgan fingerprint density at radius 1 is 0.900 bits per heavy atom. The SMILES string of the molecule is Cc1cc(-c2nc(Cl)c3c(Cl)cccc3n2)ccc1Cl. The maximum Gasteiger partial charge on any atom is 0.161 e. The third kappa shape index (κ3) is 2.35. The fraction of sp³-hybridized carbons (Fsp3) is 0.0667. The molecule has 0 aliphatic heterocycles. The van der Waals surface area contributed by atoms with Crippen LogP contribution >= 0.6 is 34.8 Å². The summed E-state index contributed by atoms with van der Waals surface area (Å²) in [4.78, 5) is 8.84. The summed E-state index contributed by atoms with van der Waals surface area (Å²) in [6.45, 7) is 1.94. The van der Waals surface area contributed by atoms with Gasteiger partial charge in [0.1, 0.15) is 5.15 Å². The van der Waals surface area contributed by atoms with E-state index in [9.17, 15) is 0 Å². The van der Waals surface area contributed by atoms with E-state index in [2.05, 4.69) is 9.97 Å². The second kappa shape index (κ2) is 5.21. The Balaban J connectivity index is 2.25. The van der Waals surface area contributed by atoms with Crippen LogP contribution in [0.2, 0.25) is 15.2 Å². The van der Waals surface area contributed by atoms with Gasteiger partial charge in [0, 0.05) is 10.6 Å². The summed E-state index contributed by atoms with van der Waals surface area (Å²) in [5, 5.41) is 2.28. The molecule has 3 rings (SSSR count). The molecule has 1 aromatic heterocycles.